The molecule has 10 heteroatoms. The van der Waals surface area contributed by atoms with Crippen LogP contribution < -0.4 is 10.1 Å². The van der Waals surface area contributed by atoms with Crippen molar-refractivity contribution in [2.45, 2.75) is 71.9 Å². The molecule has 2 aromatic heterocycles. The van der Waals surface area contributed by atoms with Gasteiger partial charge in [-0.05, 0) is 95.7 Å². The molecule has 10 nitrogen and oxygen atoms in total. The van der Waals surface area contributed by atoms with Crippen LogP contribution in [-0.2, 0) is 9.47 Å². The second-order valence-electron chi connectivity index (χ2n) is 13.2. The molecule has 1 N–H and O–H groups in total. The normalized spacial score (nSPS) is 16.4. The fourth-order valence-electron chi connectivity index (χ4n) is 6.32. The van der Waals surface area contributed by atoms with Gasteiger partial charge < -0.3 is 24.4 Å². The number of carbonyl (C=O) groups excluding carboxylic acids is 2. The molecule has 0 aliphatic carbocycles. The van der Waals surface area contributed by atoms with E-state index in [0.29, 0.717) is 49.3 Å². The van der Waals surface area contributed by atoms with E-state index in [2.05, 4.69) is 41.6 Å². The molecule has 47 heavy (non-hydrogen) atoms. The van der Waals surface area contributed by atoms with Gasteiger partial charge in [-0.1, -0.05) is 30.3 Å². The number of hydrogen-bond donors (Lipinski definition) is 1. The SMILES string of the molecule is CCOC(=O)c1cn(-c2cccc(-c3cccc4c3C(Nc3ccc(C5CCN(C(=O)OC(C)(C)C)CC5)cc3C)CO4)n2)nc1C. The third kappa shape index (κ3) is 6.96. The number of esters is 1. The largest absolute Gasteiger partial charge is 0.491 e. The maximum absolute atomic E-state index is 12.5. The molecule has 4 heterocycles. The summed E-state index contributed by atoms with van der Waals surface area (Å²) in [6.45, 7) is 13.6. The zero-order valence-electron chi connectivity index (χ0n) is 28.0. The monoisotopic (exact) mass is 637 g/mol. The Hall–Kier alpha value is -4.86. The van der Waals surface area contributed by atoms with Crippen molar-refractivity contribution in [2.75, 3.05) is 31.6 Å². The van der Waals surface area contributed by atoms with Crippen molar-refractivity contribution in [3.8, 4) is 22.8 Å². The van der Waals surface area contributed by atoms with Gasteiger partial charge in [0.1, 0.15) is 23.5 Å². The van der Waals surface area contributed by atoms with E-state index in [0.717, 1.165) is 46.7 Å². The zero-order valence-corrected chi connectivity index (χ0v) is 28.0. The summed E-state index contributed by atoms with van der Waals surface area (Å²) in [7, 11) is 0. The maximum Gasteiger partial charge on any atom is 0.410 e. The molecule has 0 radical (unpaired) electrons. The minimum absolute atomic E-state index is 0.0735. The van der Waals surface area contributed by atoms with Crippen LogP contribution in [0, 0.1) is 13.8 Å². The van der Waals surface area contributed by atoms with Crippen molar-refractivity contribution in [2.24, 2.45) is 0 Å². The topological polar surface area (TPSA) is 108 Å². The number of nitrogens with zero attached hydrogens (tertiary/aromatic N) is 4. The first-order valence-corrected chi connectivity index (χ1v) is 16.3. The Kier molecular flexibility index (Phi) is 8.94. The molecule has 2 aromatic carbocycles. The summed E-state index contributed by atoms with van der Waals surface area (Å²) in [6.07, 6.45) is 3.26. The summed E-state index contributed by atoms with van der Waals surface area (Å²) in [5.41, 5.74) is 6.83. The highest BCUT2D eigenvalue weighted by atomic mass is 16.6. The summed E-state index contributed by atoms with van der Waals surface area (Å²) in [4.78, 5) is 31.7. The number of aromatic nitrogens is 3. The Morgan fingerprint density at radius 1 is 1.04 bits per heavy atom. The van der Waals surface area contributed by atoms with E-state index >= 15 is 0 Å². The van der Waals surface area contributed by atoms with Gasteiger partial charge >= 0.3 is 12.1 Å². The molecule has 1 atom stereocenters. The fraction of sp³-hybridized carbons (Fsp3) is 0.405. The van der Waals surface area contributed by atoms with Crippen molar-refractivity contribution < 1.29 is 23.8 Å². The predicted octanol–water partition coefficient (Wildman–Crippen LogP) is 7.39. The number of amides is 1. The first kappa shape index (κ1) is 32.1. The van der Waals surface area contributed by atoms with Gasteiger partial charge in [0.25, 0.3) is 0 Å². The lowest BCUT2D eigenvalue weighted by molar-refractivity contribution is 0.0204. The van der Waals surface area contributed by atoms with Crippen LogP contribution in [0.15, 0.2) is 60.8 Å². The van der Waals surface area contributed by atoms with Gasteiger partial charge in [0, 0.05) is 36.1 Å². The number of carbonyl (C=O) groups is 2. The van der Waals surface area contributed by atoms with Crippen LogP contribution in [0.3, 0.4) is 0 Å². The van der Waals surface area contributed by atoms with E-state index in [1.54, 1.807) is 24.7 Å². The van der Waals surface area contributed by atoms with E-state index in [1.165, 1.54) is 5.56 Å². The molecular weight excluding hydrogens is 594 g/mol. The lowest BCUT2D eigenvalue weighted by Crippen LogP contribution is -2.41. The Morgan fingerprint density at radius 3 is 2.53 bits per heavy atom. The third-order valence-electron chi connectivity index (χ3n) is 8.66. The Balaban J connectivity index is 1.18. The molecule has 0 spiro atoms. The molecule has 1 unspecified atom stereocenters. The Morgan fingerprint density at radius 2 is 1.81 bits per heavy atom. The van der Waals surface area contributed by atoms with Crippen LogP contribution in [0.2, 0.25) is 0 Å². The summed E-state index contributed by atoms with van der Waals surface area (Å²) in [5, 5.41) is 8.27. The third-order valence-corrected chi connectivity index (χ3v) is 8.66. The van der Waals surface area contributed by atoms with Gasteiger partial charge in [-0.15, -0.1) is 0 Å². The summed E-state index contributed by atoms with van der Waals surface area (Å²) < 4.78 is 18.5. The van der Waals surface area contributed by atoms with Crippen molar-refractivity contribution >= 4 is 17.7 Å². The molecule has 4 aromatic rings. The van der Waals surface area contributed by atoms with Gasteiger partial charge in [0.2, 0.25) is 0 Å². The van der Waals surface area contributed by atoms with E-state index in [1.807, 2.05) is 56.0 Å². The molecule has 0 bridgehead atoms. The molecule has 1 fully saturated rings. The lowest BCUT2D eigenvalue weighted by Gasteiger charge is -2.33. The van der Waals surface area contributed by atoms with Gasteiger partial charge in [0.15, 0.2) is 5.82 Å². The molecule has 0 saturated carbocycles. The van der Waals surface area contributed by atoms with E-state index in [4.69, 9.17) is 19.2 Å². The smallest absolute Gasteiger partial charge is 0.410 e. The molecule has 246 valence electrons. The van der Waals surface area contributed by atoms with Crippen molar-refractivity contribution in [3.63, 3.8) is 0 Å². The fourth-order valence-corrected chi connectivity index (χ4v) is 6.32. The number of ether oxygens (including phenoxy) is 3. The Bertz CT molecular complexity index is 1780. The number of likely N-dealkylation sites (tertiary alicyclic amines) is 1. The summed E-state index contributed by atoms with van der Waals surface area (Å²) >= 11 is 0. The summed E-state index contributed by atoms with van der Waals surface area (Å²) in [5.74, 6) is 1.43. The molecule has 2 aliphatic heterocycles. The van der Waals surface area contributed by atoms with Gasteiger partial charge in [-0.2, -0.15) is 5.10 Å². The molecule has 6 rings (SSSR count). The Labute approximate surface area is 276 Å². The minimum Gasteiger partial charge on any atom is -0.491 e. The van der Waals surface area contributed by atoms with Crippen LogP contribution in [0.4, 0.5) is 10.5 Å². The predicted molar refractivity (Wildman–Crippen MR) is 180 cm³/mol. The summed E-state index contributed by atoms with van der Waals surface area (Å²) in [6, 6.07) is 18.4. The van der Waals surface area contributed by atoms with Crippen molar-refractivity contribution in [1.29, 1.82) is 0 Å². The second kappa shape index (κ2) is 13.1. The zero-order chi connectivity index (χ0) is 33.3. The molecular formula is C37H43N5O5. The lowest BCUT2D eigenvalue weighted by atomic mass is 9.88. The quantitative estimate of drug-likeness (QED) is 0.209. The molecule has 1 amide bonds. The number of fused-ring (bicyclic) bond motifs is 1. The molecule has 2 aliphatic rings. The van der Waals surface area contributed by atoms with E-state index in [-0.39, 0.29) is 12.1 Å². The average molecular weight is 638 g/mol. The van der Waals surface area contributed by atoms with Crippen LogP contribution in [0.1, 0.15) is 85.2 Å². The van der Waals surface area contributed by atoms with Crippen LogP contribution in [0.25, 0.3) is 17.1 Å². The first-order chi connectivity index (χ1) is 22.5. The number of aryl methyl sites for hydroxylation is 2. The number of rotatable bonds is 7. The highest BCUT2D eigenvalue weighted by Crippen LogP contribution is 2.42. The average Bonchev–Trinajstić information content (AvgIpc) is 3.65. The van der Waals surface area contributed by atoms with Crippen molar-refractivity contribution in [3.05, 3.63) is 88.7 Å². The van der Waals surface area contributed by atoms with E-state index < -0.39 is 11.6 Å². The molecule has 1 saturated heterocycles. The highest BCUT2D eigenvalue weighted by Gasteiger charge is 2.30. The number of benzene rings is 2. The van der Waals surface area contributed by atoms with Crippen LogP contribution in [-0.4, -0.2) is 63.6 Å². The number of pyridine rings is 1. The maximum atomic E-state index is 12.5. The first-order valence-electron chi connectivity index (χ1n) is 16.3. The second-order valence-corrected chi connectivity index (χ2v) is 13.2. The number of nitrogens with one attached hydrogen (secondary N) is 1. The minimum atomic E-state index is -0.490. The van der Waals surface area contributed by atoms with E-state index in [9.17, 15) is 9.59 Å². The number of hydrogen-bond acceptors (Lipinski definition) is 8. The van der Waals surface area contributed by atoms with Crippen molar-refractivity contribution in [1.82, 2.24) is 19.7 Å². The van der Waals surface area contributed by atoms with Gasteiger partial charge in [0.05, 0.1) is 24.0 Å². The van der Waals surface area contributed by atoms with Crippen LogP contribution >= 0.6 is 0 Å². The van der Waals surface area contributed by atoms with Gasteiger partial charge in [-0.25, -0.2) is 19.3 Å². The standard InChI is InChI=1S/C37H43N5O5/c1-7-45-35(43)28-21-42(40-24(28)3)33-13-9-11-30(39-33)27-10-8-12-32-34(27)31(22-46-32)38-29-15-14-26(20-23(29)2)25-16-18-41(19-17-25)36(44)47-37(4,5)6/h8-15,20-21,25,31,38H,7,16-19,22H2,1-6H3. The number of anilines is 1. The number of piperidine rings is 1. The highest BCUT2D eigenvalue weighted by molar-refractivity contribution is 5.90. The van der Waals surface area contributed by atoms with Gasteiger partial charge in [-0.3, -0.25) is 0 Å². The van der Waals surface area contributed by atoms with Crippen LogP contribution in [0.5, 0.6) is 5.75 Å².